The van der Waals surface area contributed by atoms with Crippen molar-refractivity contribution in [2.45, 2.75) is 13.0 Å². The normalized spacial score (nSPS) is 17.9. The molecule has 2 aromatic carbocycles. The third-order valence-electron chi connectivity index (χ3n) is 5.68. The summed E-state index contributed by atoms with van der Waals surface area (Å²) in [5, 5.41) is 12.6. The van der Waals surface area contributed by atoms with Crippen LogP contribution in [-0.4, -0.2) is 26.8 Å². The molecule has 0 aliphatic carbocycles. The standard InChI is InChI=1S/C25H18ClN3O3/c1-14-12-15(26)9-10-20(14)29-22(19-8-4-5-11-27-19)21(24(31)25(29)32)23(30)17-13-28-18-7-3-2-6-16(17)18/h2-13,22,28,30H,1H3/b23-21-. The van der Waals surface area contributed by atoms with Crippen molar-refractivity contribution in [3.05, 3.63) is 100 Å². The number of ketones is 1. The number of aromatic amines is 1. The molecule has 0 spiro atoms. The molecule has 0 saturated carbocycles. The van der Waals surface area contributed by atoms with Gasteiger partial charge in [0.25, 0.3) is 11.7 Å². The molecular formula is C25H18ClN3O3. The number of aliphatic hydroxyl groups excluding tert-OH is 1. The van der Waals surface area contributed by atoms with Gasteiger partial charge in [0.15, 0.2) is 0 Å². The molecule has 6 nitrogen and oxygen atoms in total. The van der Waals surface area contributed by atoms with Crippen LogP contribution in [-0.2, 0) is 9.59 Å². The molecule has 7 heteroatoms. The highest BCUT2D eigenvalue weighted by Gasteiger charge is 2.48. The van der Waals surface area contributed by atoms with E-state index in [9.17, 15) is 14.7 Å². The van der Waals surface area contributed by atoms with Crippen LogP contribution in [0.25, 0.3) is 16.7 Å². The summed E-state index contributed by atoms with van der Waals surface area (Å²) in [6.45, 7) is 1.82. The molecule has 1 fully saturated rings. The maximum absolute atomic E-state index is 13.3. The summed E-state index contributed by atoms with van der Waals surface area (Å²) in [6.07, 6.45) is 3.23. The van der Waals surface area contributed by atoms with Gasteiger partial charge >= 0.3 is 0 Å². The van der Waals surface area contributed by atoms with Crippen molar-refractivity contribution >= 4 is 45.6 Å². The van der Waals surface area contributed by atoms with Crippen LogP contribution in [0.1, 0.15) is 22.9 Å². The Labute approximate surface area is 188 Å². The number of nitrogens with zero attached hydrogens (tertiary/aromatic N) is 2. The van der Waals surface area contributed by atoms with E-state index in [4.69, 9.17) is 11.6 Å². The summed E-state index contributed by atoms with van der Waals surface area (Å²) in [7, 11) is 0. The van der Waals surface area contributed by atoms with Gasteiger partial charge < -0.3 is 10.1 Å². The lowest BCUT2D eigenvalue weighted by molar-refractivity contribution is -0.132. The molecule has 1 aliphatic rings. The molecule has 3 heterocycles. The van der Waals surface area contributed by atoms with Gasteiger partial charge in [0, 0.05) is 39.6 Å². The van der Waals surface area contributed by atoms with Crippen LogP contribution in [0.3, 0.4) is 0 Å². The van der Waals surface area contributed by atoms with Gasteiger partial charge in [0.1, 0.15) is 11.8 Å². The fourth-order valence-electron chi connectivity index (χ4n) is 4.20. The minimum Gasteiger partial charge on any atom is -0.507 e. The zero-order valence-electron chi connectivity index (χ0n) is 17.0. The average molecular weight is 444 g/mol. The number of anilines is 1. The van der Waals surface area contributed by atoms with Crippen LogP contribution in [0.5, 0.6) is 0 Å². The van der Waals surface area contributed by atoms with Crippen LogP contribution in [0, 0.1) is 6.92 Å². The summed E-state index contributed by atoms with van der Waals surface area (Å²) in [4.78, 5) is 35.4. The number of pyridine rings is 1. The van der Waals surface area contributed by atoms with Gasteiger partial charge in [-0.1, -0.05) is 35.9 Å². The second kappa shape index (κ2) is 7.66. The summed E-state index contributed by atoms with van der Waals surface area (Å²) >= 11 is 6.11. The number of Topliss-reactive ketones (excluding diaryl/α,β-unsaturated/α-hetero) is 1. The van der Waals surface area contributed by atoms with Crippen LogP contribution in [0.15, 0.2) is 78.6 Å². The number of aromatic nitrogens is 2. The van der Waals surface area contributed by atoms with E-state index in [1.807, 2.05) is 31.2 Å². The summed E-state index contributed by atoms with van der Waals surface area (Å²) in [6, 6.07) is 16.9. The quantitative estimate of drug-likeness (QED) is 0.260. The Morgan fingerprint density at radius 2 is 1.88 bits per heavy atom. The second-order valence-corrected chi connectivity index (χ2v) is 8.04. The predicted octanol–water partition coefficient (Wildman–Crippen LogP) is 5.15. The Bertz CT molecular complexity index is 1410. The van der Waals surface area contributed by atoms with Gasteiger partial charge in [-0.15, -0.1) is 0 Å². The number of carbonyl (C=O) groups is 2. The lowest BCUT2D eigenvalue weighted by Gasteiger charge is -2.26. The lowest BCUT2D eigenvalue weighted by atomic mass is 9.97. The highest BCUT2D eigenvalue weighted by atomic mass is 35.5. The average Bonchev–Trinajstić information content (AvgIpc) is 3.34. The van der Waals surface area contributed by atoms with E-state index in [-0.39, 0.29) is 11.3 Å². The number of nitrogens with one attached hydrogen (secondary N) is 1. The van der Waals surface area contributed by atoms with Gasteiger partial charge in [0.05, 0.1) is 11.3 Å². The first-order valence-corrected chi connectivity index (χ1v) is 10.4. The van der Waals surface area contributed by atoms with E-state index in [1.165, 1.54) is 4.90 Å². The number of carbonyl (C=O) groups excluding carboxylic acids is 2. The number of aliphatic hydroxyl groups is 1. The molecule has 2 N–H and O–H groups in total. The van der Waals surface area contributed by atoms with Crippen LogP contribution < -0.4 is 4.90 Å². The zero-order valence-corrected chi connectivity index (χ0v) is 17.8. The smallest absolute Gasteiger partial charge is 0.300 e. The monoisotopic (exact) mass is 443 g/mol. The number of halogens is 1. The van der Waals surface area contributed by atoms with Crippen molar-refractivity contribution in [3.8, 4) is 0 Å². The van der Waals surface area contributed by atoms with Gasteiger partial charge in [-0.3, -0.25) is 19.5 Å². The van der Waals surface area contributed by atoms with E-state index in [1.54, 1.807) is 48.8 Å². The number of hydrogen-bond acceptors (Lipinski definition) is 4. The van der Waals surface area contributed by atoms with E-state index in [2.05, 4.69) is 9.97 Å². The number of benzene rings is 2. The molecule has 158 valence electrons. The van der Waals surface area contributed by atoms with Crippen LogP contribution >= 0.6 is 11.6 Å². The molecule has 1 unspecified atom stereocenters. The number of amides is 1. The fraction of sp³-hybridized carbons (Fsp3) is 0.0800. The Morgan fingerprint density at radius 3 is 2.62 bits per heavy atom. The number of hydrogen-bond donors (Lipinski definition) is 2. The molecule has 2 aromatic heterocycles. The van der Waals surface area contributed by atoms with Gasteiger partial charge in [-0.2, -0.15) is 0 Å². The maximum atomic E-state index is 13.3. The lowest BCUT2D eigenvalue weighted by Crippen LogP contribution is -2.30. The second-order valence-electron chi connectivity index (χ2n) is 7.60. The first kappa shape index (κ1) is 20.0. The predicted molar refractivity (Wildman–Crippen MR) is 124 cm³/mol. The summed E-state index contributed by atoms with van der Waals surface area (Å²) < 4.78 is 0. The molecular weight excluding hydrogens is 426 g/mol. The summed E-state index contributed by atoms with van der Waals surface area (Å²) in [5.74, 6) is -1.74. The van der Waals surface area contributed by atoms with Crippen molar-refractivity contribution in [2.75, 3.05) is 4.90 Å². The molecule has 1 saturated heterocycles. The zero-order chi connectivity index (χ0) is 22.4. The van der Waals surface area contributed by atoms with E-state index in [0.717, 1.165) is 16.5 Å². The van der Waals surface area contributed by atoms with Gasteiger partial charge in [-0.05, 0) is 48.9 Å². The van der Waals surface area contributed by atoms with Crippen molar-refractivity contribution in [1.82, 2.24) is 9.97 Å². The number of fused-ring (bicyclic) bond motifs is 1. The molecule has 0 bridgehead atoms. The van der Waals surface area contributed by atoms with E-state index in [0.29, 0.717) is 22.0 Å². The number of para-hydroxylation sites is 1. The molecule has 4 aromatic rings. The maximum Gasteiger partial charge on any atom is 0.300 e. The highest BCUT2D eigenvalue weighted by Crippen LogP contribution is 2.43. The number of rotatable bonds is 3. The van der Waals surface area contributed by atoms with Crippen molar-refractivity contribution in [3.63, 3.8) is 0 Å². The molecule has 1 amide bonds. The third-order valence-corrected chi connectivity index (χ3v) is 5.91. The molecule has 1 atom stereocenters. The van der Waals surface area contributed by atoms with Crippen molar-refractivity contribution in [2.24, 2.45) is 0 Å². The molecule has 5 rings (SSSR count). The Kier molecular flexibility index (Phi) is 4.79. The molecule has 0 radical (unpaired) electrons. The highest BCUT2D eigenvalue weighted by molar-refractivity contribution is 6.52. The number of H-pyrrole nitrogens is 1. The SMILES string of the molecule is Cc1cc(Cl)ccc1N1C(=O)C(=O)/C(=C(\O)c2c[nH]c3ccccc23)C1c1ccccn1. The minimum atomic E-state index is -0.885. The first-order chi connectivity index (χ1) is 15.5. The first-order valence-electron chi connectivity index (χ1n) is 10.0. The largest absolute Gasteiger partial charge is 0.507 e. The Morgan fingerprint density at radius 1 is 1.09 bits per heavy atom. The van der Waals surface area contributed by atoms with Crippen molar-refractivity contribution < 1.29 is 14.7 Å². The van der Waals surface area contributed by atoms with Crippen molar-refractivity contribution in [1.29, 1.82) is 0 Å². The molecule has 32 heavy (non-hydrogen) atoms. The van der Waals surface area contributed by atoms with E-state index < -0.39 is 17.7 Å². The Balaban J connectivity index is 1.77. The molecule has 1 aliphatic heterocycles. The fourth-order valence-corrected chi connectivity index (χ4v) is 4.43. The van der Waals surface area contributed by atoms with Crippen LogP contribution in [0.4, 0.5) is 5.69 Å². The van der Waals surface area contributed by atoms with Crippen LogP contribution in [0.2, 0.25) is 5.02 Å². The van der Waals surface area contributed by atoms with Gasteiger partial charge in [-0.25, -0.2) is 0 Å². The van der Waals surface area contributed by atoms with Gasteiger partial charge in [0.2, 0.25) is 0 Å². The number of aryl methyl sites for hydroxylation is 1. The topological polar surface area (TPSA) is 86.3 Å². The van der Waals surface area contributed by atoms with E-state index >= 15 is 0 Å². The minimum absolute atomic E-state index is 0.00666. The Hall–Kier alpha value is -3.90. The third kappa shape index (κ3) is 3.08. The summed E-state index contributed by atoms with van der Waals surface area (Å²) in [5.41, 5.74) is 2.99.